The number of carbonyl (C=O) groups excluding carboxylic acids is 4. The average molecular weight is 604 g/mol. The highest BCUT2D eigenvalue weighted by Gasteiger charge is 2.37. The van der Waals surface area contributed by atoms with E-state index in [9.17, 15) is 19.2 Å². The highest BCUT2D eigenvalue weighted by atomic mass is 79.9. The van der Waals surface area contributed by atoms with Crippen LogP contribution in [0.2, 0.25) is 0 Å². The molecule has 0 atom stereocenters. The third-order valence-electron chi connectivity index (χ3n) is 5.57. The Morgan fingerprint density at radius 3 is 2.58 bits per heavy atom. The smallest absolute Gasteiger partial charge is 0.294 e. The molecule has 0 saturated carbocycles. The summed E-state index contributed by atoms with van der Waals surface area (Å²) in [6.45, 7) is 3.32. The maximum absolute atomic E-state index is 12.9. The number of benzene rings is 2. The van der Waals surface area contributed by atoms with Gasteiger partial charge in [-0.05, 0) is 70.5 Å². The number of halogens is 1. The van der Waals surface area contributed by atoms with Crippen LogP contribution in [0, 0.1) is 0 Å². The van der Waals surface area contributed by atoms with Crippen LogP contribution in [0.15, 0.2) is 51.8 Å². The molecule has 2 aromatic rings. The van der Waals surface area contributed by atoms with Crippen LogP contribution in [0.4, 0.5) is 10.5 Å². The largest absolute Gasteiger partial charge is 0.490 e. The maximum atomic E-state index is 12.9. The zero-order chi connectivity index (χ0) is 27.1. The van der Waals surface area contributed by atoms with E-state index in [1.165, 1.54) is 0 Å². The zero-order valence-corrected chi connectivity index (χ0v) is 23.0. The Bertz CT molecular complexity index is 1250. The number of rotatable bonds is 9. The van der Waals surface area contributed by atoms with E-state index in [0.29, 0.717) is 60.1 Å². The van der Waals surface area contributed by atoms with Crippen LogP contribution in [-0.4, -0.2) is 78.8 Å². The second-order valence-electron chi connectivity index (χ2n) is 8.23. The summed E-state index contributed by atoms with van der Waals surface area (Å²) < 4.78 is 17.2. The summed E-state index contributed by atoms with van der Waals surface area (Å²) in [6, 6.07) is 12.4. The van der Waals surface area contributed by atoms with E-state index in [-0.39, 0.29) is 29.9 Å². The Balaban J connectivity index is 1.45. The number of ether oxygens (including phenoxy) is 3. The molecule has 0 aromatic heterocycles. The van der Waals surface area contributed by atoms with Crippen LogP contribution in [0.5, 0.6) is 11.5 Å². The van der Waals surface area contributed by atoms with Crippen molar-refractivity contribution in [2.45, 2.75) is 6.92 Å². The van der Waals surface area contributed by atoms with Crippen molar-refractivity contribution in [2.24, 2.45) is 0 Å². The van der Waals surface area contributed by atoms with Gasteiger partial charge < -0.3 is 24.4 Å². The summed E-state index contributed by atoms with van der Waals surface area (Å²) in [6.07, 6.45) is 1.56. The minimum absolute atomic E-state index is 0.190. The van der Waals surface area contributed by atoms with Gasteiger partial charge in [0, 0.05) is 18.8 Å². The number of nitrogens with zero attached hydrogens (tertiary/aromatic N) is 2. The molecule has 4 rings (SSSR count). The van der Waals surface area contributed by atoms with Crippen molar-refractivity contribution >= 4 is 62.4 Å². The quantitative estimate of drug-likeness (QED) is 0.431. The summed E-state index contributed by atoms with van der Waals surface area (Å²) in [5.74, 6) is -0.474. The Labute approximate surface area is 232 Å². The first-order chi connectivity index (χ1) is 18.4. The van der Waals surface area contributed by atoms with Crippen molar-refractivity contribution in [3.8, 4) is 11.5 Å². The van der Waals surface area contributed by atoms with E-state index in [1.807, 2.05) is 25.1 Å². The van der Waals surface area contributed by atoms with Crippen LogP contribution in [0.25, 0.3) is 6.08 Å². The molecule has 0 aliphatic carbocycles. The first kappa shape index (κ1) is 27.7. The van der Waals surface area contributed by atoms with Gasteiger partial charge in [0.15, 0.2) is 18.1 Å². The third kappa shape index (κ3) is 6.94. The maximum Gasteiger partial charge on any atom is 0.294 e. The van der Waals surface area contributed by atoms with E-state index in [0.717, 1.165) is 16.7 Å². The summed E-state index contributed by atoms with van der Waals surface area (Å²) in [4.78, 5) is 53.1. The lowest BCUT2D eigenvalue weighted by Gasteiger charge is -2.28. The monoisotopic (exact) mass is 603 g/mol. The molecule has 2 aliphatic rings. The number of thioether (sulfide) groups is 1. The van der Waals surface area contributed by atoms with E-state index in [1.54, 1.807) is 35.2 Å². The van der Waals surface area contributed by atoms with E-state index in [2.05, 4.69) is 21.2 Å². The number of hydrogen-bond donors (Lipinski definition) is 1. The topological polar surface area (TPSA) is 114 Å². The first-order valence-corrected chi connectivity index (χ1v) is 13.5. The van der Waals surface area contributed by atoms with E-state index >= 15 is 0 Å². The molecule has 38 heavy (non-hydrogen) atoms. The lowest BCUT2D eigenvalue weighted by atomic mass is 10.2. The van der Waals surface area contributed by atoms with Gasteiger partial charge in [0.05, 0.1) is 29.2 Å². The van der Waals surface area contributed by atoms with Crippen molar-refractivity contribution in [2.75, 3.05) is 51.4 Å². The summed E-state index contributed by atoms with van der Waals surface area (Å²) in [5.41, 5.74) is 1.23. The molecular formula is C26H26BrN3O7S. The van der Waals surface area contributed by atoms with Gasteiger partial charge in [-0.2, -0.15) is 0 Å². The Hall–Kier alpha value is -3.35. The van der Waals surface area contributed by atoms with Crippen LogP contribution < -0.4 is 14.8 Å². The molecular weight excluding hydrogens is 578 g/mol. The molecule has 0 bridgehead atoms. The van der Waals surface area contributed by atoms with Crippen molar-refractivity contribution in [1.29, 1.82) is 0 Å². The normalized spacial score (nSPS) is 16.6. The number of para-hydroxylation sites is 1. The number of carbonyl (C=O) groups is 4. The van der Waals surface area contributed by atoms with Crippen LogP contribution in [0.1, 0.15) is 12.5 Å². The van der Waals surface area contributed by atoms with Gasteiger partial charge in [-0.1, -0.05) is 18.2 Å². The SMILES string of the molecule is CCOc1cc(/C=C2/SC(=O)N(CC(=O)N3CCOCC3)C2=O)cc(Br)c1OCC(=O)Nc1ccccc1. The van der Waals surface area contributed by atoms with Gasteiger partial charge >= 0.3 is 0 Å². The fourth-order valence-electron chi connectivity index (χ4n) is 3.77. The molecule has 0 spiro atoms. The molecule has 10 nitrogen and oxygen atoms in total. The number of nitrogens with one attached hydrogen (secondary N) is 1. The molecule has 200 valence electrons. The molecule has 0 radical (unpaired) electrons. The Kier molecular flexibility index (Phi) is 9.43. The molecule has 2 saturated heterocycles. The predicted molar refractivity (Wildman–Crippen MR) is 146 cm³/mol. The number of anilines is 1. The van der Waals surface area contributed by atoms with E-state index < -0.39 is 11.1 Å². The lowest BCUT2D eigenvalue weighted by Crippen LogP contribution is -2.46. The van der Waals surface area contributed by atoms with Gasteiger partial charge in [-0.3, -0.25) is 24.1 Å². The fourth-order valence-corrected chi connectivity index (χ4v) is 5.18. The average Bonchev–Trinajstić information content (AvgIpc) is 3.16. The fraction of sp³-hybridized carbons (Fsp3) is 0.308. The molecule has 4 amide bonds. The van der Waals surface area contributed by atoms with Gasteiger partial charge in [-0.15, -0.1) is 0 Å². The molecule has 0 unspecified atom stereocenters. The zero-order valence-electron chi connectivity index (χ0n) is 20.6. The molecule has 2 fully saturated rings. The highest BCUT2D eigenvalue weighted by molar-refractivity contribution is 9.10. The van der Waals surface area contributed by atoms with Crippen LogP contribution in [-0.2, 0) is 19.1 Å². The summed E-state index contributed by atoms with van der Waals surface area (Å²) >= 11 is 4.23. The second-order valence-corrected chi connectivity index (χ2v) is 10.1. The van der Waals surface area contributed by atoms with Crippen LogP contribution in [0.3, 0.4) is 0 Å². The van der Waals surface area contributed by atoms with Crippen molar-refractivity contribution in [1.82, 2.24) is 9.80 Å². The standard InChI is InChI=1S/C26H26BrN3O7S/c1-2-36-20-13-17(12-19(27)24(20)37-16-22(31)28-18-6-4-3-5-7-18)14-21-25(33)30(26(34)38-21)15-23(32)29-8-10-35-11-9-29/h3-7,12-14H,2,8-11,15-16H2,1H3,(H,28,31)/b21-14+. The van der Waals surface area contributed by atoms with Crippen molar-refractivity contribution < 1.29 is 33.4 Å². The van der Waals surface area contributed by atoms with Crippen molar-refractivity contribution in [3.05, 3.63) is 57.4 Å². The number of hydrogen-bond acceptors (Lipinski definition) is 8. The second kappa shape index (κ2) is 12.9. The van der Waals surface area contributed by atoms with Gasteiger partial charge in [0.2, 0.25) is 5.91 Å². The molecule has 2 aromatic carbocycles. The molecule has 2 aliphatic heterocycles. The molecule has 2 heterocycles. The molecule has 12 heteroatoms. The Morgan fingerprint density at radius 1 is 1.13 bits per heavy atom. The Morgan fingerprint density at radius 2 is 1.87 bits per heavy atom. The third-order valence-corrected chi connectivity index (χ3v) is 7.06. The first-order valence-electron chi connectivity index (χ1n) is 11.9. The highest BCUT2D eigenvalue weighted by Crippen LogP contribution is 2.39. The minimum atomic E-state index is -0.534. The van der Waals surface area contributed by atoms with Crippen molar-refractivity contribution in [3.63, 3.8) is 0 Å². The lowest BCUT2D eigenvalue weighted by molar-refractivity contribution is -0.139. The van der Waals surface area contributed by atoms with Gasteiger partial charge in [-0.25, -0.2) is 0 Å². The molecule has 1 N–H and O–H groups in total. The summed E-state index contributed by atoms with van der Waals surface area (Å²) in [5, 5.41) is 2.25. The summed E-state index contributed by atoms with van der Waals surface area (Å²) in [7, 11) is 0. The van der Waals surface area contributed by atoms with E-state index in [4.69, 9.17) is 14.2 Å². The van der Waals surface area contributed by atoms with Crippen LogP contribution >= 0.6 is 27.7 Å². The minimum Gasteiger partial charge on any atom is -0.490 e. The predicted octanol–water partition coefficient (Wildman–Crippen LogP) is 3.76. The van der Waals surface area contributed by atoms with Gasteiger partial charge in [0.25, 0.3) is 17.1 Å². The number of imide groups is 1. The number of morpholine rings is 1. The van der Waals surface area contributed by atoms with Gasteiger partial charge in [0.1, 0.15) is 6.54 Å². The number of amides is 4.